The second-order valence-electron chi connectivity index (χ2n) is 8.96. The number of hydrogen-bond donors (Lipinski definition) is 0. The van der Waals surface area contributed by atoms with E-state index in [-0.39, 0.29) is 0 Å². The molecule has 9 nitrogen and oxygen atoms in total. The number of benzene rings is 3. The van der Waals surface area contributed by atoms with E-state index < -0.39 is 159 Å². The van der Waals surface area contributed by atoms with Crippen LogP contribution < -0.4 is 14.2 Å². The zero-order valence-corrected chi connectivity index (χ0v) is 22.7. The number of carbonyl (C=O) groups excluding carboxylic acids is 3. The molecule has 3 aromatic rings. The van der Waals surface area contributed by atoms with E-state index in [4.69, 9.17) is 0 Å². The second kappa shape index (κ2) is 14.5. The standard InChI is InChI=1S/C26H10F13NO8/c27-11-6(13(29)24(20(36)15(11)31)46-8(41)2-1-3-40(44)45)4-9(42)47-25-14(30)7(12(28)16(32)21(25)37)5-10(43)48-26-22(38)18(34)17(33)19(35)23(26)39/h1-5H2. The highest BCUT2D eigenvalue weighted by molar-refractivity contribution is 5.78. The molecule has 3 rings (SSSR count). The van der Waals surface area contributed by atoms with Crippen molar-refractivity contribution in [3.8, 4) is 17.2 Å². The third-order valence-electron chi connectivity index (χ3n) is 5.81. The molecule has 0 saturated carbocycles. The maximum absolute atomic E-state index is 14.9. The SMILES string of the molecule is O=C(Cc1c(F)c(F)c(F)c(OC(=O)Cc2c(F)c(F)c(F)c(OC(=O)CCC[N+](=O)[O-])c2F)c1F)Oc1c(F)c(F)c(F)c(F)c1F. The van der Waals surface area contributed by atoms with Crippen LogP contribution in [-0.2, 0) is 27.2 Å². The van der Waals surface area contributed by atoms with Crippen molar-refractivity contribution in [2.45, 2.75) is 25.7 Å². The topological polar surface area (TPSA) is 122 Å². The lowest BCUT2D eigenvalue weighted by atomic mass is 10.1. The minimum absolute atomic E-state index is 0.542. The zero-order valence-electron chi connectivity index (χ0n) is 22.7. The maximum Gasteiger partial charge on any atom is 0.316 e. The summed E-state index contributed by atoms with van der Waals surface area (Å²) in [6.45, 7) is -0.819. The lowest BCUT2D eigenvalue weighted by molar-refractivity contribution is -0.480. The molecule has 0 fully saturated rings. The van der Waals surface area contributed by atoms with E-state index in [2.05, 4.69) is 14.2 Å². The van der Waals surface area contributed by atoms with Gasteiger partial charge in [-0.2, -0.15) is 17.6 Å². The molecule has 258 valence electrons. The number of carbonyl (C=O) groups is 3. The van der Waals surface area contributed by atoms with Crippen LogP contribution in [0.5, 0.6) is 17.2 Å². The summed E-state index contributed by atoms with van der Waals surface area (Å²) in [6, 6.07) is 0. The molecule has 3 aromatic carbocycles. The van der Waals surface area contributed by atoms with E-state index in [9.17, 15) is 81.6 Å². The fourth-order valence-corrected chi connectivity index (χ4v) is 3.59. The Morgan fingerprint density at radius 3 is 1.10 bits per heavy atom. The molecular formula is C26H10F13NO8. The Morgan fingerprint density at radius 2 is 0.750 bits per heavy atom. The normalized spacial score (nSPS) is 11.0. The number of halogens is 13. The molecule has 0 saturated heterocycles. The van der Waals surface area contributed by atoms with Gasteiger partial charge in [-0.15, -0.1) is 0 Å². The van der Waals surface area contributed by atoms with Gasteiger partial charge in [-0.3, -0.25) is 24.5 Å². The second-order valence-corrected chi connectivity index (χ2v) is 8.96. The molecule has 0 amide bonds. The predicted molar refractivity (Wildman–Crippen MR) is 124 cm³/mol. The van der Waals surface area contributed by atoms with Crippen LogP contribution in [-0.4, -0.2) is 29.4 Å². The summed E-state index contributed by atoms with van der Waals surface area (Å²) < 4.78 is 195. The van der Waals surface area contributed by atoms with Gasteiger partial charge < -0.3 is 14.2 Å². The van der Waals surface area contributed by atoms with Crippen LogP contribution >= 0.6 is 0 Å². The summed E-state index contributed by atoms with van der Waals surface area (Å²) in [5.74, 6) is -46.4. The minimum Gasteiger partial charge on any atom is -0.420 e. The number of esters is 3. The van der Waals surface area contributed by atoms with Gasteiger partial charge in [-0.1, -0.05) is 0 Å². The Kier molecular flexibility index (Phi) is 11.2. The summed E-state index contributed by atoms with van der Waals surface area (Å²) in [4.78, 5) is 45.5. The van der Waals surface area contributed by atoms with Crippen LogP contribution in [0.25, 0.3) is 0 Å². The molecule has 0 unspecified atom stereocenters. The van der Waals surface area contributed by atoms with Gasteiger partial charge in [0.05, 0.1) is 19.3 Å². The fraction of sp³-hybridized carbons (Fsp3) is 0.192. The van der Waals surface area contributed by atoms with E-state index in [1.165, 1.54) is 0 Å². The van der Waals surface area contributed by atoms with Gasteiger partial charge >= 0.3 is 17.9 Å². The van der Waals surface area contributed by atoms with E-state index in [0.29, 0.717) is 0 Å². The summed E-state index contributed by atoms with van der Waals surface area (Å²) in [5.41, 5.74) is -3.79. The number of nitro groups is 1. The summed E-state index contributed by atoms with van der Waals surface area (Å²) in [5, 5.41) is 10.3. The van der Waals surface area contributed by atoms with E-state index in [0.717, 1.165) is 0 Å². The average molecular weight is 711 g/mol. The van der Waals surface area contributed by atoms with Crippen LogP contribution in [0.2, 0.25) is 0 Å². The third kappa shape index (κ3) is 7.41. The van der Waals surface area contributed by atoms with Crippen molar-refractivity contribution in [1.29, 1.82) is 0 Å². The highest BCUT2D eigenvalue weighted by Crippen LogP contribution is 2.34. The largest absolute Gasteiger partial charge is 0.420 e. The van der Waals surface area contributed by atoms with Crippen LogP contribution in [0.4, 0.5) is 57.1 Å². The van der Waals surface area contributed by atoms with Gasteiger partial charge in [0.1, 0.15) is 0 Å². The van der Waals surface area contributed by atoms with Crippen molar-refractivity contribution in [3.63, 3.8) is 0 Å². The molecule has 0 spiro atoms. The Labute approximate surface area is 255 Å². The zero-order chi connectivity index (χ0) is 36.4. The van der Waals surface area contributed by atoms with Crippen molar-refractivity contribution in [3.05, 3.63) is 96.9 Å². The summed E-state index contributed by atoms with van der Waals surface area (Å²) in [7, 11) is 0. The molecular weight excluding hydrogens is 701 g/mol. The van der Waals surface area contributed by atoms with Gasteiger partial charge in [0.2, 0.25) is 64.5 Å². The number of nitrogens with zero attached hydrogens (tertiary/aromatic N) is 1. The lowest BCUT2D eigenvalue weighted by Gasteiger charge is -2.14. The van der Waals surface area contributed by atoms with E-state index >= 15 is 0 Å². The summed E-state index contributed by atoms with van der Waals surface area (Å²) >= 11 is 0. The highest BCUT2D eigenvalue weighted by Gasteiger charge is 2.34. The monoisotopic (exact) mass is 711 g/mol. The fourth-order valence-electron chi connectivity index (χ4n) is 3.59. The highest BCUT2D eigenvalue weighted by atomic mass is 19.2. The number of rotatable bonds is 11. The first-order valence-electron chi connectivity index (χ1n) is 12.2. The van der Waals surface area contributed by atoms with E-state index in [1.807, 2.05) is 0 Å². The molecule has 0 aliphatic rings. The molecule has 0 atom stereocenters. The molecule has 0 N–H and O–H groups in total. The Balaban J connectivity index is 1.91. The smallest absolute Gasteiger partial charge is 0.316 e. The van der Waals surface area contributed by atoms with Crippen LogP contribution in [0.15, 0.2) is 0 Å². The molecule has 0 radical (unpaired) electrons. The van der Waals surface area contributed by atoms with Crippen molar-refractivity contribution >= 4 is 17.9 Å². The van der Waals surface area contributed by atoms with E-state index in [1.54, 1.807) is 0 Å². The number of hydrogen-bond acceptors (Lipinski definition) is 8. The first-order valence-corrected chi connectivity index (χ1v) is 12.2. The molecule has 0 bridgehead atoms. The minimum atomic E-state index is -2.73. The molecule has 48 heavy (non-hydrogen) atoms. The lowest BCUT2D eigenvalue weighted by Crippen LogP contribution is -2.21. The van der Waals surface area contributed by atoms with Crippen molar-refractivity contribution in [2.24, 2.45) is 0 Å². The molecule has 0 aliphatic heterocycles. The summed E-state index contributed by atoms with van der Waals surface area (Å²) in [6.07, 6.45) is -5.40. The Morgan fingerprint density at radius 1 is 0.458 bits per heavy atom. The van der Waals surface area contributed by atoms with Crippen LogP contribution in [0, 0.1) is 85.7 Å². The average Bonchev–Trinajstić information content (AvgIpc) is 3.03. The predicted octanol–water partition coefficient (Wildman–Crippen LogP) is 5.75. The van der Waals surface area contributed by atoms with Gasteiger partial charge in [0.15, 0.2) is 34.9 Å². The number of ether oxygens (including phenoxy) is 3. The molecule has 0 aromatic heterocycles. The van der Waals surface area contributed by atoms with Gasteiger partial charge in [-0.05, 0) is 0 Å². The van der Waals surface area contributed by atoms with Gasteiger partial charge in [0.25, 0.3) is 0 Å². The maximum atomic E-state index is 14.9. The van der Waals surface area contributed by atoms with Gasteiger partial charge in [0, 0.05) is 22.5 Å². The quantitative estimate of drug-likeness (QED) is 0.0469. The van der Waals surface area contributed by atoms with Crippen molar-refractivity contribution < 1.29 is 90.6 Å². The Bertz CT molecular complexity index is 1840. The first-order chi connectivity index (χ1) is 22.3. The van der Waals surface area contributed by atoms with Crippen LogP contribution in [0.3, 0.4) is 0 Å². The van der Waals surface area contributed by atoms with Crippen LogP contribution in [0.1, 0.15) is 24.0 Å². The Hall–Kier alpha value is -5.44. The molecule has 0 heterocycles. The third-order valence-corrected chi connectivity index (χ3v) is 5.81. The van der Waals surface area contributed by atoms with Crippen molar-refractivity contribution in [1.82, 2.24) is 0 Å². The first kappa shape index (κ1) is 37.0. The van der Waals surface area contributed by atoms with Crippen molar-refractivity contribution in [2.75, 3.05) is 6.54 Å². The molecule has 0 aliphatic carbocycles. The van der Waals surface area contributed by atoms with Gasteiger partial charge in [-0.25, -0.2) is 39.5 Å². The molecule has 22 heteroatoms.